The molecular weight excluding hydrogens is 338 g/mol. The van der Waals surface area contributed by atoms with E-state index in [2.05, 4.69) is 0 Å². The highest BCUT2D eigenvalue weighted by Crippen LogP contribution is 2.33. The van der Waals surface area contributed by atoms with Gasteiger partial charge in [0.05, 0.1) is 17.0 Å². The molecule has 9 heteroatoms. The summed E-state index contributed by atoms with van der Waals surface area (Å²) in [7, 11) is -2.06. The number of carboxylic acids is 1. The summed E-state index contributed by atoms with van der Waals surface area (Å²) in [5.41, 5.74) is 0.678. The monoisotopic (exact) mass is 353 g/mol. The van der Waals surface area contributed by atoms with Gasteiger partial charge in [0.1, 0.15) is 4.21 Å². The average Bonchev–Trinajstić information content (AvgIpc) is 3.12. The molecule has 0 aromatic carbocycles. The van der Waals surface area contributed by atoms with Crippen LogP contribution in [-0.4, -0.2) is 50.1 Å². The Morgan fingerprint density at radius 1 is 1.62 bits per heavy atom. The predicted octanol–water partition coefficient (Wildman–Crippen LogP) is 1.83. The van der Waals surface area contributed by atoms with E-state index in [9.17, 15) is 13.2 Å². The van der Waals surface area contributed by atoms with E-state index in [0.29, 0.717) is 35.9 Å². The summed E-state index contributed by atoms with van der Waals surface area (Å²) in [6, 6.07) is 1.54. The highest BCUT2D eigenvalue weighted by Gasteiger charge is 2.31. The Bertz CT molecular complexity index is 624. The minimum Gasteiger partial charge on any atom is -0.481 e. The quantitative estimate of drug-likeness (QED) is 0.720. The second-order valence-corrected chi connectivity index (χ2v) is 8.78. The van der Waals surface area contributed by atoms with E-state index in [-0.39, 0.29) is 16.7 Å². The van der Waals surface area contributed by atoms with Gasteiger partial charge in [0.25, 0.3) is 10.0 Å². The van der Waals surface area contributed by atoms with Crippen LogP contribution in [0.4, 0.5) is 0 Å². The second-order valence-electron chi connectivity index (χ2n) is 4.85. The number of epoxide rings is 1. The van der Waals surface area contributed by atoms with Gasteiger partial charge in [0.15, 0.2) is 0 Å². The van der Waals surface area contributed by atoms with Crippen LogP contribution in [0, 0.1) is 0 Å². The number of likely N-dealkylation sites (N-methyl/N-ethyl adjacent to an activating group) is 1. The topological polar surface area (TPSA) is 87.2 Å². The van der Waals surface area contributed by atoms with Gasteiger partial charge >= 0.3 is 5.97 Å². The van der Waals surface area contributed by atoms with E-state index in [1.165, 1.54) is 17.4 Å². The molecule has 1 aliphatic rings. The number of halogens is 1. The molecule has 1 atom stereocenters. The first-order valence-corrected chi connectivity index (χ1v) is 9.02. The van der Waals surface area contributed by atoms with Crippen LogP contribution in [0.3, 0.4) is 0 Å². The largest absolute Gasteiger partial charge is 0.481 e. The molecule has 1 fully saturated rings. The van der Waals surface area contributed by atoms with E-state index in [0.717, 1.165) is 11.3 Å². The zero-order chi connectivity index (χ0) is 15.6. The number of rotatable bonds is 8. The zero-order valence-electron chi connectivity index (χ0n) is 11.4. The third kappa shape index (κ3) is 4.40. The van der Waals surface area contributed by atoms with Crippen molar-refractivity contribution >= 4 is 38.9 Å². The number of thiophene rings is 1. The van der Waals surface area contributed by atoms with Gasteiger partial charge < -0.3 is 9.84 Å². The molecule has 1 saturated heterocycles. The Morgan fingerprint density at radius 3 is 2.86 bits per heavy atom. The van der Waals surface area contributed by atoms with E-state index >= 15 is 0 Å². The highest BCUT2D eigenvalue weighted by molar-refractivity contribution is 7.91. The summed E-state index contributed by atoms with van der Waals surface area (Å²) in [6.07, 6.45) is 0.895. The first-order valence-electron chi connectivity index (χ1n) is 6.38. The number of hydrogen-bond acceptors (Lipinski definition) is 5. The molecule has 0 radical (unpaired) electrons. The summed E-state index contributed by atoms with van der Waals surface area (Å²) in [5, 5.41) is 8.61. The van der Waals surface area contributed by atoms with Crippen molar-refractivity contribution in [3.05, 3.63) is 16.0 Å². The van der Waals surface area contributed by atoms with Gasteiger partial charge in [0.2, 0.25) is 0 Å². The molecule has 0 amide bonds. The van der Waals surface area contributed by atoms with Crippen LogP contribution in [0.15, 0.2) is 10.3 Å². The molecule has 0 saturated carbocycles. The maximum absolute atomic E-state index is 12.4. The van der Waals surface area contributed by atoms with Crippen molar-refractivity contribution in [3.63, 3.8) is 0 Å². The Kier molecular flexibility index (Phi) is 5.26. The summed E-state index contributed by atoms with van der Waals surface area (Å²) in [6.45, 7) is 0.914. The van der Waals surface area contributed by atoms with Gasteiger partial charge in [-0.1, -0.05) is 11.6 Å². The molecule has 0 spiro atoms. The van der Waals surface area contributed by atoms with Gasteiger partial charge in [-0.3, -0.25) is 4.79 Å². The normalized spacial score (nSPS) is 18.1. The van der Waals surface area contributed by atoms with Crippen molar-refractivity contribution in [2.45, 2.75) is 29.6 Å². The molecule has 1 aromatic heterocycles. The van der Waals surface area contributed by atoms with Crippen LogP contribution in [0.1, 0.15) is 18.4 Å². The summed E-state index contributed by atoms with van der Waals surface area (Å²) in [5.74, 6) is -0.877. The smallest absolute Gasteiger partial charge is 0.303 e. The lowest BCUT2D eigenvalue weighted by Crippen LogP contribution is -2.30. The van der Waals surface area contributed by atoms with Crippen molar-refractivity contribution in [2.24, 2.45) is 0 Å². The number of carbonyl (C=O) groups is 1. The number of hydrogen-bond donors (Lipinski definition) is 1. The van der Waals surface area contributed by atoms with Gasteiger partial charge in [-0.25, -0.2) is 8.42 Å². The number of carboxylic acid groups (broad SMARTS) is 1. The number of aryl methyl sites for hydroxylation is 1. The molecule has 21 heavy (non-hydrogen) atoms. The minimum absolute atomic E-state index is 0.0183. The lowest BCUT2D eigenvalue weighted by molar-refractivity contribution is -0.137. The second kappa shape index (κ2) is 6.62. The molecular formula is C12H16ClNO5S2. The van der Waals surface area contributed by atoms with E-state index in [1.54, 1.807) is 0 Å². The van der Waals surface area contributed by atoms with Crippen LogP contribution < -0.4 is 0 Å². The zero-order valence-corrected chi connectivity index (χ0v) is 13.8. The standard InChI is InChI=1S/C12H16ClNO5S2/c1-14(6-9-7-19-9)21(17,18)11-5-8(12(13)20-11)3-2-4-10(15)16/h5,9H,2-4,6-7H2,1H3,(H,15,16)/t9-/m0/s1. The summed E-state index contributed by atoms with van der Waals surface area (Å²) in [4.78, 5) is 10.5. The maximum atomic E-state index is 12.4. The van der Waals surface area contributed by atoms with Crippen LogP contribution in [0.2, 0.25) is 4.34 Å². The van der Waals surface area contributed by atoms with Gasteiger partial charge in [-0.05, 0) is 24.5 Å². The summed E-state index contributed by atoms with van der Waals surface area (Å²) < 4.78 is 31.6. The SMILES string of the molecule is CN(C[C@H]1CO1)S(=O)(=O)c1cc(CCCC(=O)O)c(Cl)s1. The Hall–Kier alpha value is -0.670. The van der Waals surface area contributed by atoms with Crippen LogP contribution in [0.25, 0.3) is 0 Å². The number of nitrogens with zero attached hydrogens (tertiary/aromatic N) is 1. The Labute approximate surface area is 132 Å². The number of sulfonamides is 1. The van der Waals surface area contributed by atoms with Crippen LogP contribution >= 0.6 is 22.9 Å². The molecule has 2 heterocycles. The number of aliphatic carboxylic acids is 1. The Morgan fingerprint density at radius 2 is 2.29 bits per heavy atom. The van der Waals surface area contributed by atoms with Crippen molar-refractivity contribution in [2.75, 3.05) is 20.2 Å². The van der Waals surface area contributed by atoms with Crippen molar-refractivity contribution in [1.82, 2.24) is 4.31 Å². The average molecular weight is 354 g/mol. The fourth-order valence-corrected chi connectivity index (χ4v) is 5.04. The maximum Gasteiger partial charge on any atom is 0.303 e. The molecule has 6 nitrogen and oxygen atoms in total. The van der Waals surface area contributed by atoms with Gasteiger partial charge in [0, 0.05) is 20.0 Å². The Balaban J connectivity index is 2.07. The minimum atomic E-state index is -3.57. The number of ether oxygens (including phenoxy) is 1. The fourth-order valence-electron chi connectivity index (χ4n) is 1.82. The van der Waals surface area contributed by atoms with Gasteiger partial charge in [-0.15, -0.1) is 11.3 Å². The third-order valence-corrected chi connectivity index (χ3v) is 6.81. The lowest BCUT2D eigenvalue weighted by atomic mass is 10.1. The van der Waals surface area contributed by atoms with E-state index in [1.807, 2.05) is 0 Å². The van der Waals surface area contributed by atoms with Crippen LogP contribution in [-0.2, 0) is 26.0 Å². The molecule has 118 valence electrons. The molecule has 1 N–H and O–H groups in total. The van der Waals surface area contributed by atoms with Crippen molar-refractivity contribution < 1.29 is 23.1 Å². The van der Waals surface area contributed by atoms with E-state index in [4.69, 9.17) is 21.4 Å². The molecule has 1 aromatic rings. The first-order chi connectivity index (χ1) is 9.80. The molecule has 0 aliphatic carbocycles. The third-order valence-electron chi connectivity index (χ3n) is 3.10. The fraction of sp³-hybridized carbons (Fsp3) is 0.583. The molecule has 2 rings (SSSR count). The van der Waals surface area contributed by atoms with Crippen molar-refractivity contribution in [1.29, 1.82) is 0 Å². The molecule has 1 aliphatic heterocycles. The van der Waals surface area contributed by atoms with Gasteiger partial charge in [-0.2, -0.15) is 4.31 Å². The first kappa shape index (κ1) is 16.7. The van der Waals surface area contributed by atoms with Crippen molar-refractivity contribution in [3.8, 4) is 0 Å². The predicted molar refractivity (Wildman–Crippen MR) is 79.5 cm³/mol. The lowest BCUT2D eigenvalue weighted by Gasteiger charge is -2.14. The van der Waals surface area contributed by atoms with Crippen LogP contribution in [0.5, 0.6) is 0 Å². The summed E-state index contributed by atoms with van der Waals surface area (Å²) >= 11 is 7.06. The highest BCUT2D eigenvalue weighted by atomic mass is 35.5. The van der Waals surface area contributed by atoms with E-state index < -0.39 is 16.0 Å². The molecule has 0 bridgehead atoms. The molecule has 0 unspecified atom stereocenters.